The van der Waals surface area contributed by atoms with E-state index in [0.29, 0.717) is 0 Å². The lowest BCUT2D eigenvalue weighted by atomic mass is 10.1. The zero-order valence-electron chi connectivity index (χ0n) is 7.50. The molecule has 0 atom stereocenters. The highest BCUT2D eigenvalue weighted by molar-refractivity contribution is 7.18. The maximum Gasteiger partial charge on any atom is 0.0596 e. The minimum absolute atomic E-state index is 0.828. The van der Waals surface area contributed by atoms with Gasteiger partial charge in [0.05, 0.1) is 16.1 Å². The van der Waals surface area contributed by atoms with E-state index in [4.69, 9.17) is 11.5 Å². The van der Waals surface area contributed by atoms with E-state index in [9.17, 15) is 0 Å². The maximum atomic E-state index is 6.00. The summed E-state index contributed by atoms with van der Waals surface area (Å²) in [5, 5.41) is 3.03. The van der Waals surface area contributed by atoms with Crippen molar-refractivity contribution in [3.8, 4) is 0 Å². The first kappa shape index (κ1) is 8.38. The number of hydrogen-bond donors (Lipinski definition) is 2. The maximum absolute atomic E-state index is 6.00. The highest BCUT2D eigenvalue weighted by Gasteiger charge is 2.06. The van der Waals surface area contributed by atoms with Crippen molar-refractivity contribution in [2.24, 2.45) is 0 Å². The van der Waals surface area contributed by atoms with E-state index >= 15 is 0 Å². The van der Waals surface area contributed by atoms with Gasteiger partial charge in [-0.2, -0.15) is 0 Å². The van der Waals surface area contributed by atoms with Gasteiger partial charge in [-0.25, -0.2) is 0 Å². The Kier molecular flexibility index (Phi) is 1.88. The molecule has 0 aliphatic rings. The molecule has 0 saturated carbocycles. The third-order valence-corrected chi connectivity index (χ3v) is 3.33. The molecule has 0 radical (unpaired) electrons. The Bertz CT molecular complexity index is 445. The molecular formula is C10H12N2S. The zero-order chi connectivity index (χ0) is 9.42. The average molecular weight is 192 g/mol. The molecule has 0 spiro atoms. The molecule has 1 aromatic carbocycles. The molecule has 2 rings (SSSR count). The fraction of sp³-hybridized carbons (Fsp3) is 0.200. The van der Waals surface area contributed by atoms with E-state index in [1.165, 1.54) is 5.56 Å². The number of rotatable bonds is 1. The van der Waals surface area contributed by atoms with Gasteiger partial charge in [-0.1, -0.05) is 19.1 Å². The molecule has 13 heavy (non-hydrogen) atoms. The monoisotopic (exact) mass is 192 g/mol. The summed E-state index contributed by atoms with van der Waals surface area (Å²) < 4.78 is 1.12. The standard InChI is InChI=1S/C10H12N2S/c1-2-6-3-4-7-8(11)5-13-10(7)9(6)12/h3-5H,2,11-12H2,1H3. The van der Waals surface area contributed by atoms with E-state index in [2.05, 4.69) is 19.1 Å². The predicted molar refractivity (Wildman–Crippen MR) is 60.0 cm³/mol. The molecule has 0 aliphatic carbocycles. The topological polar surface area (TPSA) is 52.0 Å². The van der Waals surface area contributed by atoms with Crippen LogP contribution in [0.3, 0.4) is 0 Å². The number of nitrogens with two attached hydrogens (primary N) is 2. The van der Waals surface area contributed by atoms with Gasteiger partial charge in [-0.15, -0.1) is 11.3 Å². The summed E-state index contributed by atoms with van der Waals surface area (Å²) >= 11 is 1.62. The van der Waals surface area contributed by atoms with E-state index in [-0.39, 0.29) is 0 Å². The highest BCUT2D eigenvalue weighted by Crippen LogP contribution is 2.34. The Morgan fingerprint density at radius 2 is 2.08 bits per heavy atom. The van der Waals surface area contributed by atoms with Crippen molar-refractivity contribution in [3.63, 3.8) is 0 Å². The van der Waals surface area contributed by atoms with Crippen LogP contribution >= 0.6 is 11.3 Å². The molecule has 1 aromatic heterocycles. The predicted octanol–water partition coefficient (Wildman–Crippen LogP) is 2.63. The second kappa shape index (κ2) is 2.92. The van der Waals surface area contributed by atoms with Gasteiger partial charge in [0, 0.05) is 10.8 Å². The summed E-state index contributed by atoms with van der Waals surface area (Å²) in [6.45, 7) is 2.11. The summed E-state index contributed by atoms with van der Waals surface area (Å²) in [4.78, 5) is 0. The van der Waals surface area contributed by atoms with Crippen LogP contribution in [-0.2, 0) is 6.42 Å². The van der Waals surface area contributed by atoms with Crippen LogP contribution in [0.4, 0.5) is 11.4 Å². The Balaban J connectivity index is 2.80. The molecule has 0 saturated heterocycles. The van der Waals surface area contributed by atoms with Crippen LogP contribution in [0.15, 0.2) is 17.5 Å². The van der Waals surface area contributed by atoms with Crippen molar-refractivity contribution < 1.29 is 0 Å². The Labute approximate surface area is 81.2 Å². The van der Waals surface area contributed by atoms with Gasteiger partial charge in [-0.05, 0) is 12.0 Å². The number of fused-ring (bicyclic) bond motifs is 1. The largest absolute Gasteiger partial charge is 0.398 e. The summed E-state index contributed by atoms with van der Waals surface area (Å²) in [5.41, 5.74) is 14.7. The van der Waals surface area contributed by atoms with Gasteiger partial charge in [0.1, 0.15) is 0 Å². The van der Waals surface area contributed by atoms with E-state index in [1.54, 1.807) is 11.3 Å². The number of anilines is 2. The van der Waals surface area contributed by atoms with Crippen LogP contribution in [0.25, 0.3) is 10.1 Å². The number of aryl methyl sites for hydroxylation is 1. The number of thiophene rings is 1. The minimum Gasteiger partial charge on any atom is -0.398 e. The summed E-state index contributed by atoms with van der Waals surface area (Å²) in [7, 11) is 0. The summed E-state index contributed by atoms with van der Waals surface area (Å²) in [5.74, 6) is 0. The van der Waals surface area contributed by atoms with Crippen LogP contribution in [0.2, 0.25) is 0 Å². The summed E-state index contributed by atoms with van der Waals surface area (Å²) in [6.07, 6.45) is 0.972. The third-order valence-electron chi connectivity index (χ3n) is 2.28. The molecular weight excluding hydrogens is 180 g/mol. The van der Waals surface area contributed by atoms with Gasteiger partial charge in [-0.3, -0.25) is 0 Å². The smallest absolute Gasteiger partial charge is 0.0596 e. The van der Waals surface area contributed by atoms with Crippen LogP contribution in [-0.4, -0.2) is 0 Å². The molecule has 3 heteroatoms. The molecule has 0 fully saturated rings. The fourth-order valence-corrected chi connectivity index (χ4v) is 2.43. The fourth-order valence-electron chi connectivity index (χ4n) is 1.49. The SMILES string of the molecule is CCc1ccc2c(N)csc2c1N. The van der Waals surface area contributed by atoms with E-state index in [1.807, 2.05) is 5.38 Å². The lowest BCUT2D eigenvalue weighted by Crippen LogP contribution is -1.92. The molecule has 0 aliphatic heterocycles. The summed E-state index contributed by atoms with van der Waals surface area (Å²) in [6, 6.07) is 4.11. The van der Waals surface area contributed by atoms with Crippen molar-refractivity contribution in [1.29, 1.82) is 0 Å². The van der Waals surface area contributed by atoms with E-state index in [0.717, 1.165) is 27.9 Å². The second-order valence-electron chi connectivity index (χ2n) is 3.06. The molecule has 68 valence electrons. The minimum atomic E-state index is 0.828. The molecule has 1 heterocycles. The molecule has 2 aromatic rings. The van der Waals surface area contributed by atoms with Crippen LogP contribution in [0.1, 0.15) is 12.5 Å². The van der Waals surface area contributed by atoms with Crippen molar-refractivity contribution in [2.45, 2.75) is 13.3 Å². The van der Waals surface area contributed by atoms with Crippen molar-refractivity contribution in [3.05, 3.63) is 23.1 Å². The van der Waals surface area contributed by atoms with Gasteiger partial charge >= 0.3 is 0 Å². The van der Waals surface area contributed by atoms with Crippen molar-refractivity contribution >= 4 is 32.8 Å². The van der Waals surface area contributed by atoms with Crippen LogP contribution in [0, 0.1) is 0 Å². The second-order valence-corrected chi connectivity index (χ2v) is 3.94. The number of hydrogen-bond acceptors (Lipinski definition) is 3. The normalized spacial score (nSPS) is 10.8. The Hall–Kier alpha value is -1.22. The Morgan fingerprint density at radius 3 is 2.77 bits per heavy atom. The first-order valence-electron chi connectivity index (χ1n) is 4.28. The van der Waals surface area contributed by atoms with Gasteiger partial charge in [0.15, 0.2) is 0 Å². The lowest BCUT2D eigenvalue weighted by molar-refractivity contribution is 1.15. The lowest BCUT2D eigenvalue weighted by Gasteiger charge is -2.03. The van der Waals surface area contributed by atoms with Gasteiger partial charge < -0.3 is 11.5 Å². The molecule has 4 N–H and O–H groups in total. The zero-order valence-corrected chi connectivity index (χ0v) is 8.32. The quantitative estimate of drug-likeness (QED) is 0.682. The van der Waals surface area contributed by atoms with Gasteiger partial charge in [0.25, 0.3) is 0 Å². The van der Waals surface area contributed by atoms with Crippen LogP contribution < -0.4 is 11.5 Å². The van der Waals surface area contributed by atoms with Crippen molar-refractivity contribution in [1.82, 2.24) is 0 Å². The molecule has 0 amide bonds. The van der Waals surface area contributed by atoms with Gasteiger partial charge in [0.2, 0.25) is 0 Å². The Morgan fingerprint density at radius 1 is 1.31 bits per heavy atom. The number of benzene rings is 1. The third kappa shape index (κ3) is 1.16. The molecule has 0 bridgehead atoms. The highest BCUT2D eigenvalue weighted by atomic mass is 32.1. The van der Waals surface area contributed by atoms with E-state index < -0.39 is 0 Å². The first-order valence-corrected chi connectivity index (χ1v) is 5.16. The number of nitrogen functional groups attached to an aromatic ring is 2. The van der Waals surface area contributed by atoms with Crippen molar-refractivity contribution in [2.75, 3.05) is 11.5 Å². The van der Waals surface area contributed by atoms with Crippen LogP contribution in [0.5, 0.6) is 0 Å². The first-order chi connectivity index (χ1) is 6.24. The molecule has 0 unspecified atom stereocenters. The average Bonchev–Trinajstić information content (AvgIpc) is 2.50. The molecule has 2 nitrogen and oxygen atoms in total.